The highest BCUT2D eigenvalue weighted by Gasteiger charge is 2.12. The number of nitrogens with zero attached hydrogens (tertiary/aromatic N) is 2. The molecule has 1 aromatic heterocycles. The van der Waals surface area contributed by atoms with Crippen molar-refractivity contribution in [2.45, 2.75) is 25.8 Å². The van der Waals surface area contributed by atoms with Gasteiger partial charge in [-0.2, -0.15) is 0 Å². The van der Waals surface area contributed by atoms with E-state index in [-0.39, 0.29) is 30.3 Å². The third kappa shape index (κ3) is 5.70. The van der Waals surface area contributed by atoms with Crippen LogP contribution in [0.4, 0.5) is 0 Å². The average Bonchev–Trinajstić information content (AvgIpc) is 2.69. The molecule has 3 N–H and O–H groups in total. The maximum atomic E-state index is 4.04. The highest BCUT2D eigenvalue weighted by Crippen LogP contribution is 2.16. The van der Waals surface area contributed by atoms with Gasteiger partial charge >= 0.3 is 0 Å². The lowest BCUT2D eigenvalue weighted by molar-refractivity contribution is 0.338. The Hall–Kier alpha value is -0.290. The number of imidazole rings is 1. The quantitative estimate of drug-likeness (QED) is 0.899. The molecule has 0 bridgehead atoms. The van der Waals surface area contributed by atoms with Crippen molar-refractivity contribution in [2.75, 3.05) is 13.1 Å². The van der Waals surface area contributed by atoms with Gasteiger partial charge in [0.25, 0.3) is 0 Å². The van der Waals surface area contributed by atoms with E-state index >= 15 is 0 Å². The summed E-state index contributed by atoms with van der Waals surface area (Å²) in [5, 5.41) is 3.39. The standard InChI is InChI=1S/C10H17N3.2ClH.H2O/c1-4-11-5-2-10(1)3-7-13-8-6-12-9-13;;;/h6,8-11H,1-5,7H2;2*1H;1H2. The van der Waals surface area contributed by atoms with Crippen molar-refractivity contribution in [1.82, 2.24) is 14.9 Å². The summed E-state index contributed by atoms with van der Waals surface area (Å²) >= 11 is 0. The Kier molecular flexibility index (Phi) is 11.2. The normalized spacial score (nSPS) is 15.5. The molecule has 1 fully saturated rings. The van der Waals surface area contributed by atoms with Gasteiger partial charge in [-0.05, 0) is 38.3 Å². The Morgan fingerprint density at radius 1 is 1.25 bits per heavy atom. The van der Waals surface area contributed by atoms with Gasteiger partial charge in [0.2, 0.25) is 0 Å². The Balaban J connectivity index is 0. The molecule has 4 nitrogen and oxygen atoms in total. The molecule has 0 unspecified atom stereocenters. The van der Waals surface area contributed by atoms with Crippen molar-refractivity contribution in [2.24, 2.45) is 5.92 Å². The fraction of sp³-hybridized carbons (Fsp3) is 0.700. The van der Waals surface area contributed by atoms with E-state index < -0.39 is 0 Å². The zero-order valence-corrected chi connectivity index (χ0v) is 10.9. The molecule has 0 aliphatic carbocycles. The van der Waals surface area contributed by atoms with Crippen LogP contribution in [0.5, 0.6) is 0 Å². The molecule has 0 spiro atoms. The fourth-order valence-corrected chi connectivity index (χ4v) is 1.92. The van der Waals surface area contributed by atoms with E-state index in [9.17, 15) is 0 Å². The van der Waals surface area contributed by atoms with Gasteiger partial charge < -0.3 is 15.4 Å². The summed E-state index contributed by atoms with van der Waals surface area (Å²) < 4.78 is 2.17. The van der Waals surface area contributed by atoms with Crippen molar-refractivity contribution in [1.29, 1.82) is 0 Å². The van der Waals surface area contributed by atoms with Gasteiger partial charge in [-0.25, -0.2) is 4.98 Å². The topological polar surface area (TPSA) is 61.4 Å². The molecule has 0 radical (unpaired) electrons. The van der Waals surface area contributed by atoms with E-state index in [1.165, 1.54) is 32.4 Å². The summed E-state index contributed by atoms with van der Waals surface area (Å²) in [4.78, 5) is 4.04. The van der Waals surface area contributed by atoms with Crippen LogP contribution in [-0.4, -0.2) is 28.1 Å². The minimum Gasteiger partial charge on any atom is -0.412 e. The lowest BCUT2D eigenvalue weighted by atomic mass is 9.95. The predicted molar refractivity (Wildman–Crippen MR) is 70.5 cm³/mol. The first-order chi connectivity index (χ1) is 6.45. The van der Waals surface area contributed by atoms with Gasteiger partial charge in [0.05, 0.1) is 6.33 Å². The van der Waals surface area contributed by atoms with E-state index in [4.69, 9.17) is 0 Å². The van der Waals surface area contributed by atoms with Crippen LogP contribution in [0, 0.1) is 5.92 Å². The number of hydrogen-bond donors (Lipinski definition) is 1. The number of nitrogens with one attached hydrogen (secondary N) is 1. The highest BCUT2D eigenvalue weighted by molar-refractivity contribution is 5.85. The molecular formula is C10H21Cl2N3O. The molecule has 0 aromatic carbocycles. The Morgan fingerprint density at radius 2 is 1.94 bits per heavy atom. The van der Waals surface area contributed by atoms with Crippen LogP contribution in [-0.2, 0) is 6.54 Å². The number of aromatic nitrogens is 2. The summed E-state index contributed by atoms with van der Waals surface area (Å²) in [7, 11) is 0. The summed E-state index contributed by atoms with van der Waals surface area (Å²) in [5.74, 6) is 0.920. The predicted octanol–water partition coefficient (Wildman–Crippen LogP) is 1.29. The molecule has 16 heavy (non-hydrogen) atoms. The van der Waals surface area contributed by atoms with Crippen LogP contribution in [0.1, 0.15) is 19.3 Å². The lowest BCUT2D eigenvalue weighted by Gasteiger charge is -2.22. The molecule has 0 saturated carbocycles. The fourth-order valence-electron chi connectivity index (χ4n) is 1.92. The van der Waals surface area contributed by atoms with Crippen LogP contribution >= 0.6 is 24.8 Å². The number of hydrogen-bond acceptors (Lipinski definition) is 2. The minimum atomic E-state index is 0. The molecule has 96 valence electrons. The maximum absolute atomic E-state index is 4.04. The van der Waals surface area contributed by atoms with Crippen LogP contribution in [0.2, 0.25) is 0 Å². The second kappa shape index (κ2) is 9.90. The zero-order chi connectivity index (χ0) is 8.93. The minimum absolute atomic E-state index is 0. The monoisotopic (exact) mass is 269 g/mol. The molecule has 1 aromatic rings. The lowest BCUT2D eigenvalue weighted by Crippen LogP contribution is -2.28. The largest absolute Gasteiger partial charge is 0.412 e. The SMILES string of the molecule is Cl.Cl.O.c1cn(CCC2CCNCC2)cn1. The van der Waals surface area contributed by atoms with Crippen molar-refractivity contribution in [3.8, 4) is 0 Å². The third-order valence-electron chi connectivity index (χ3n) is 2.81. The van der Waals surface area contributed by atoms with E-state index in [1.807, 2.05) is 18.7 Å². The first-order valence-electron chi connectivity index (χ1n) is 5.11. The highest BCUT2D eigenvalue weighted by atomic mass is 35.5. The molecule has 0 amide bonds. The Labute approximate surface area is 109 Å². The first-order valence-corrected chi connectivity index (χ1v) is 5.11. The second-order valence-corrected chi connectivity index (χ2v) is 3.78. The average molecular weight is 270 g/mol. The molecule has 6 heteroatoms. The van der Waals surface area contributed by atoms with Crippen molar-refractivity contribution < 1.29 is 5.48 Å². The molecule has 1 aliphatic heterocycles. The van der Waals surface area contributed by atoms with Crippen molar-refractivity contribution in [3.63, 3.8) is 0 Å². The Morgan fingerprint density at radius 3 is 2.50 bits per heavy atom. The van der Waals surface area contributed by atoms with E-state index in [2.05, 4.69) is 14.9 Å². The summed E-state index contributed by atoms with van der Waals surface area (Å²) in [6.07, 6.45) is 9.78. The third-order valence-corrected chi connectivity index (χ3v) is 2.81. The van der Waals surface area contributed by atoms with Gasteiger partial charge in [0.1, 0.15) is 0 Å². The van der Waals surface area contributed by atoms with Gasteiger partial charge in [-0.15, -0.1) is 24.8 Å². The molecule has 0 atom stereocenters. The van der Waals surface area contributed by atoms with E-state index in [1.54, 1.807) is 0 Å². The van der Waals surface area contributed by atoms with E-state index in [0.717, 1.165) is 12.5 Å². The smallest absolute Gasteiger partial charge is 0.0945 e. The molecular weight excluding hydrogens is 249 g/mol. The van der Waals surface area contributed by atoms with Crippen LogP contribution in [0.25, 0.3) is 0 Å². The number of rotatable bonds is 3. The number of aryl methyl sites for hydroxylation is 1. The molecule has 2 heterocycles. The zero-order valence-electron chi connectivity index (χ0n) is 9.26. The summed E-state index contributed by atoms with van der Waals surface area (Å²) in [5.41, 5.74) is 0. The van der Waals surface area contributed by atoms with Crippen molar-refractivity contribution >= 4 is 24.8 Å². The van der Waals surface area contributed by atoms with Crippen molar-refractivity contribution in [3.05, 3.63) is 18.7 Å². The number of halogens is 2. The van der Waals surface area contributed by atoms with Gasteiger partial charge in [-0.3, -0.25) is 0 Å². The van der Waals surface area contributed by atoms with Crippen LogP contribution in [0.15, 0.2) is 18.7 Å². The molecule has 1 aliphatic rings. The molecule has 1 saturated heterocycles. The maximum Gasteiger partial charge on any atom is 0.0945 e. The van der Waals surface area contributed by atoms with Crippen LogP contribution in [0.3, 0.4) is 0 Å². The van der Waals surface area contributed by atoms with E-state index in [0.29, 0.717) is 0 Å². The number of piperidine rings is 1. The first kappa shape index (κ1) is 18.1. The Bertz CT molecular complexity index is 238. The van der Waals surface area contributed by atoms with Gasteiger partial charge in [0.15, 0.2) is 0 Å². The molecule has 2 rings (SSSR count). The summed E-state index contributed by atoms with van der Waals surface area (Å²) in [6.45, 7) is 3.54. The van der Waals surface area contributed by atoms with Gasteiger partial charge in [-0.1, -0.05) is 0 Å². The summed E-state index contributed by atoms with van der Waals surface area (Å²) in [6, 6.07) is 0. The van der Waals surface area contributed by atoms with Gasteiger partial charge in [0, 0.05) is 18.9 Å². The second-order valence-electron chi connectivity index (χ2n) is 3.78. The van der Waals surface area contributed by atoms with Crippen LogP contribution < -0.4 is 5.32 Å².